The van der Waals surface area contributed by atoms with Gasteiger partial charge in [-0.1, -0.05) is 36.4 Å². The number of aliphatic hydroxyl groups is 1. The lowest BCUT2D eigenvalue weighted by Gasteiger charge is -2.28. The smallest absolute Gasteiger partial charge is 0.270 e. The third-order valence-corrected chi connectivity index (χ3v) is 3.68. The Balaban J connectivity index is 2.29. The van der Waals surface area contributed by atoms with E-state index >= 15 is 0 Å². The second kappa shape index (κ2) is 7.51. The molecule has 1 unspecified atom stereocenters. The van der Waals surface area contributed by atoms with Crippen LogP contribution in [0.1, 0.15) is 28.4 Å². The van der Waals surface area contributed by atoms with Crippen molar-refractivity contribution in [2.45, 2.75) is 12.5 Å². The molecule has 0 fully saturated rings. The molecule has 1 N–H and O–H groups in total. The number of amides is 1. The summed E-state index contributed by atoms with van der Waals surface area (Å²) in [5, 5.41) is 20.1. The molecule has 23 heavy (non-hydrogen) atoms. The zero-order chi connectivity index (χ0) is 16.8. The minimum atomic E-state index is -0.529. The third kappa shape index (κ3) is 3.92. The van der Waals surface area contributed by atoms with Gasteiger partial charge in [0.2, 0.25) is 0 Å². The highest BCUT2D eigenvalue weighted by molar-refractivity contribution is 5.95. The maximum absolute atomic E-state index is 12.6. The monoisotopic (exact) mass is 314 g/mol. The molecule has 0 bridgehead atoms. The number of carbonyl (C=O) groups excluding carboxylic acids is 1. The van der Waals surface area contributed by atoms with Gasteiger partial charge in [0.1, 0.15) is 0 Å². The summed E-state index contributed by atoms with van der Waals surface area (Å²) in [7, 11) is 1.63. The van der Waals surface area contributed by atoms with Crippen molar-refractivity contribution in [1.29, 1.82) is 0 Å². The molecule has 0 aromatic heterocycles. The normalized spacial score (nSPS) is 11.7. The lowest BCUT2D eigenvalue weighted by atomic mass is 10.0. The second-order valence-electron chi connectivity index (χ2n) is 5.16. The molecule has 2 aromatic rings. The minimum Gasteiger partial charge on any atom is -0.396 e. The topological polar surface area (TPSA) is 83.7 Å². The molecule has 2 rings (SSSR count). The first-order valence-electron chi connectivity index (χ1n) is 7.22. The largest absolute Gasteiger partial charge is 0.396 e. The van der Waals surface area contributed by atoms with Crippen LogP contribution in [0, 0.1) is 10.1 Å². The van der Waals surface area contributed by atoms with Crippen LogP contribution < -0.4 is 0 Å². The lowest BCUT2D eigenvalue weighted by molar-refractivity contribution is -0.384. The molecule has 0 aliphatic heterocycles. The number of aliphatic hydroxyl groups excluding tert-OH is 1. The van der Waals surface area contributed by atoms with Gasteiger partial charge in [-0.3, -0.25) is 14.9 Å². The van der Waals surface area contributed by atoms with E-state index < -0.39 is 4.92 Å². The quantitative estimate of drug-likeness (QED) is 0.656. The van der Waals surface area contributed by atoms with E-state index in [1.165, 1.54) is 23.1 Å². The molecule has 0 spiro atoms. The van der Waals surface area contributed by atoms with Crippen molar-refractivity contribution in [2.75, 3.05) is 13.7 Å². The van der Waals surface area contributed by atoms with E-state index in [9.17, 15) is 20.0 Å². The SMILES string of the molecule is CN(C(=O)c1cccc([N+](=O)[O-])c1)C(CCO)c1ccccc1. The predicted molar refractivity (Wildman–Crippen MR) is 86.1 cm³/mol. The summed E-state index contributed by atoms with van der Waals surface area (Å²) < 4.78 is 0. The molecule has 0 saturated heterocycles. The molecule has 0 heterocycles. The van der Waals surface area contributed by atoms with E-state index in [1.54, 1.807) is 13.1 Å². The van der Waals surface area contributed by atoms with Crippen LogP contribution in [-0.4, -0.2) is 34.5 Å². The second-order valence-corrected chi connectivity index (χ2v) is 5.16. The summed E-state index contributed by atoms with van der Waals surface area (Å²) in [6, 6.07) is 14.7. The van der Waals surface area contributed by atoms with Crippen molar-refractivity contribution in [3.8, 4) is 0 Å². The average molecular weight is 314 g/mol. The van der Waals surface area contributed by atoms with E-state index in [2.05, 4.69) is 0 Å². The van der Waals surface area contributed by atoms with Gasteiger partial charge in [-0.05, 0) is 18.1 Å². The van der Waals surface area contributed by atoms with Gasteiger partial charge in [-0.25, -0.2) is 0 Å². The van der Waals surface area contributed by atoms with Crippen molar-refractivity contribution >= 4 is 11.6 Å². The van der Waals surface area contributed by atoms with Crippen LogP contribution in [0.3, 0.4) is 0 Å². The Hall–Kier alpha value is -2.73. The van der Waals surface area contributed by atoms with E-state index in [-0.39, 0.29) is 29.8 Å². The molecule has 0 aliphatic carbocycles. The van der Waals surface area contributed by atoms with Gasteiger partial charge >= 0.3 is 0 Å². The first kappa shape index (κ1) is 16.6. The summed E-state index contributed by atoms with van der Waals surface area (Å²) in [6.07, 6.45) is 0.390. The minimum absolute atomic E-state index is 0.0634. The molecule has 0 saturated carbocycles. The number of carbonyl (C=O) groups is 1. The molecule has 0 aliphatic rings. The number of benzene rings is 2. The van der Waals surface area contributed by atoms with E-state index in [0.717, 1.165) is 5.56 Å². The fourth-order valence-electron chi connectivity index (χ4n) is 2.48. The fraction of sp³-hybridized carbons (Fsp3) is 0.235. The summed E-state index contributed by atoms with van der Waals surface area (Å²) in [6.45, 7) is -0.0634. The maximum Gasteiger partial charge on any atom is 0.270 e. The predicted octanol–water partition coefficient (Wildman–Crippen LogP) is 2.79. The zero-order valence-electron chi connectivity index (χ0n) is 12.8. The van der Waals surface area contributed by atoms with Gasteiger partial charge in [0.25, 0.3) is 11.6 Å². The average Bonchev–Trinajstić information content (AvgIpc) is 2.59. The highest BCUT2D eigenvalue weighted by Gasteiger charge is 2.23. The number of rotatable bonds is 6. The van der Waals surface area contributed by atoms with Crippen molar-refractivity contribution in [2.24, 2.45) is 0 Å². The number of nitro benzene ring substituents is 1. The number of hydrogen-bond donors (Lipinski definition) is 1. The molecular formula is C17H18N2O4. The lowest BCUT2D eigenvalue weighted by Crippen LogP contribution is -2.32. The fourth-order valence-corrected chi connectivity index (χ4v) is 2.48. The van der Waals surface area contributed by atoms with Crippen molar-refractivity contribution in [3.63, 3.8) is 0 Å². The summed E-state index contributed by atoms with van der Waals surface area (Å²) >= 11 is 0. The molecule has 6 nitrogen and oxygen atoms in total. The van der Waals surface area contributed by atoms with Crippen LogP contribution in [0.2, 0.25) is 0 Å². The Labute approximate surface area is 134 Å². The van der Waals surface area contributed by atoms with E-state index in [1.807, 2.05) is 30.3 Å². The van der Waals surface area contributed by atoms with Gasteiger partial charge < -0.3 is 10.0 Å². The molecule has 0 radical (unpaired) electrons. The van der Waals surface area contributed by atoms with Gasteiger partial charge in [0, 0.05) is 31.4 Å². The Morgan fingerprint density at radius 2 is 1.91 bits per heavy atom. The standard InChI is InChI=1S/C17H18N2O4/c1-18(16(10-11-20)13-6-3-2-4-7-13)17(21)14-8-5-9-15(12-14)19(22)23/h2-9,12,16,20H,10-11H2,1H3. The molecular weight excluding hydrogens is 296 g/mol. The van der Waals surface area contributed by atoms with E-state index in [0.29, 0.717) is 6.42 Å². The Morgan fingerprint density at radius 1 is 1.22 bits per heavy atom. The maximum atomic E-state index is 12.6. The van der Waals surface area contributed by atoms with Crippen molar-refractivity contribution < 1.29 is 14.8 Å². The summed E-state index contributed by atoms with van der Waals surface area (Å²) in [4.78, 5) is 24.5. The van der Waals surface area contributed by atoms with Gasteiger partial charge in [-0.2, -0.15) is 0 Å². The number of hydrogen-bond acceptors (Lipinski definition) is 4. The van der Waals surface area contributed by atoms with Crippen molar-refractivity contribution in [1.82, 2.24) is 4.90 Å². The number of nitrogens with zero attached hydrogens (tertiary/aromatic N) is 2. The zero-order valence-corrected chi connectivity index (χ0v) is 12.8. The van der Waals surface area contributed by atoms with Crippen LogP contribution >= 0.6 is 0 Å². The van der Waals surface area contributed by atoms with Crippen LogP contribution in [-0.2, 0) is 0 Å². The van der Waals surface area contributed by atoms with Crippen LogP contribution in [0.25, 0.3) is 0 Å². The molecule has 1 atom stereocenters. The molecule has 1 amide bonds. The Morgan fingerprint density at radius 3 is 2.52 bits per heavy atom. The first-order valence-corrected chi connectivity index (χ1v) is 7.22. The van der Waals surface area contributed by atoms with Gasteiger partial charge in [0.15, 0.2) is 0 Å². The number of non-ortho nitro benzene ring substituents is 1. The summed E-state index contributed by atoms with van der Waals surface area (Å²) in [5.41, 5.74) is 1.03. The number of nitro groups is 1. The van der Waals surface area contributed by atoms with E-state index in [4.69, 9.17) is 0 Å². The highest BCUT2D eigenvalue weighted by Crippen LogP contribution is 2.25. The van der Waals surface area contributed by atoms with Crippen LogP contribution in [0.4, 0.5) is 5.69 Å². The van der Waals surface area contributed by atoms with Gasteiger partial charge in [0.05, 0.1) is 11.0 Å². The van der Waals surface area contributed by atoms with Crippen LogP contribution in [0.5, 0.6) is 0 Å². The van der Waals surface area contributed by atoms with Crippen LogP contribution in [0.15, 0.2) is 54.6 Å². The van der Waals surface area contributed by atoms with Gasteiger partial charge in [-0.15, -0.1) is 0 Å². The third-order valence-electron chi connectivity index (χ3n) is 3.68. The Bertz CT molecular complexity index is 688. The molecule has 2 aromatic carbocycles. The summed E-state index contributed by atoms with van der Waals surface area (Å²) in [5.74, 6) is -0.323. The highest BCUT2D eigenvalue weighted by atomic mass is 16.6. The first-order chi connectivity index (χ1) is 11.0. The van der Waals surface area contributed by atoms with Crippen molar-refractivity contribution in [3.05, 3.63) is 75.8 Å². The molecule has 120 valence electrons. The Kier molecular flexibility index (Phi) is 5.43. The molecule has 6 heteroatoms.